The maximum absolute atomic E-state index is 12.2. The predicted octanol–water partition coefficient (Wildman–Crippen LogP) is 3.76. The van der Waals surface area contributed by atoms with Gasteiger partial charge in [-0.05, 0) is 44.1 Å². The van der Waals surface area contributed by atoms with E-state index < -0.39 is 0 Å². The van der Waals surface area contributed by atoms with Crippen LogP contribution in [0.3, 0.4) is 0 Å². The molecule has 0 aliphatic heterocycles. The van der Waals surface area contributed by atoms with Gasteiger partial charge in [0.1, 0.15) is 5.82 Å². The lowest BCUT2D eigenvalue weighted by Crippen LogP contribution is -2.26. The molecule has 1 aliphatic rings. The van der Waals surface area contributed by atoms with E-state index in [0.717, 1.165) is 25.7 Å². The van der Waals surface area contributed by atoms with Crippen molar-refractivity contribution in [3.8, 4) is 0 Å². The van der Waals surface area contributed by atoms with Crippen LogP contribution in [0.4, 0.5) is 5.13 Å². The number of hydrogen-bond acceptors (Lipinski definition) is 4. The third-order valence-corrected chi connectivity index (χ3v) is 4.85. The molecule has 0 atom stereocenters. The molecule has 1 heterocycles. The van der Waals surface area contributed by atoms with E-state index in [9.17, 15) is 4.79 Å². The summed E-state index contributed by atoms with van der Waals surface area (Å²) in [4.78, 5) is 16.4. The summed E-state index contributed by atoms with van der Waals surface area (Å²) in [5.74, 6) is 1.51. The van der Waals surface area contributed by atoms with Gasteiger partial charge in [0.15, 0.2) is 0 Å². The first-order valence-electron chi connectivity index (χ1n) is 7.38. The van der Waals surface area contributed by atoms with Gasteiger partial charge in [-0.2, -0.15) is 4.37 Å². The molecule has 110 valence electrons. The van der Waals surface area contributed by atoms with Gasteiger partial charge in [0.25, 0.3) is 0 Å². The number of benzene rings is 1. The van der Waals surface area contributed by atoms with E-state index in [2.05, 4.69) is 38.9 Å². The van der Waals surface area contributed by atoms with Gasteiger partial charge in [0.2, 0.25) is 11.0 Å². The zero-order valence-corrected chi connectivity index (χ0v) is 12.9. The first kappa shape index (κ1) is 14.2. The van der Waals surface area contributed by atoms with Crippen molar-refractivity contribution in [3.05, 3.63) is 41.7 Å². The van der Waals surface area contributed by atoms with Crippen molar-refractivity contribution in [2.45, 2.75) is 38.5 Å². The fraction of sp³-hybridized carbons (Fsp3) is 0.438. The fourth-order valence-electron chi connectivity index (χ4n) is 2.97. The Kier molecular flexibility index (Phi) is 4.29. The lowest BCUT2D eigenvalue weighted by Gasteiger charge is -2.27. The molecule has 2 aromatic rings. The van der Waals surface area contributed by atoms with E-state index in [4.69, 9.17) is 0 Å². The summed E-state index contributed by atoms with van der Waals surface area (Å²) in [6.07, 6.45) is 4.06. The topological polar surface area (TPSA) is 54.9 Å². The molecule has 1 amide bonds. The summed E-state index contributed by atoms with van der Waals surface area (Å²) in [6, 6.07) is 10.6. The average molecular weight is 301 g/mol. The van der Waals surface area contributed by atoms with Crippen LogP contribution in [0.25, 0.3) is 0 Å². The molecule has 1 aromatic heterocycles. The highest BCUT2D eigenvalue weighted by molar-refractivity contribution is 7.09. The van der Waals surface area contributed by atoms with Crippen LogP contribution in [0.1, 0.15) is 43.0 Å². The molecule has 1 saturated carbocycles. The molecule has 5 heteroatoms. The molecule has 1 aliphatic carbocycles. The summed E-state index contributed by atoms with van der Waals surface area (Å²) in [6.45, 7) is 1.83. The molecule has 1 aromatic carbocycles. The Hall–Kier alpha value is -1.75. The molecule has 1 N–H and O–H groups in total. The highest BCUT2D eigenvalue weighted by Crippen LogP contribution is 2.36. The Labute approximate surface area is 128 Å². The van der Waals surface area contributed by atoms with Gasteiger partial charge in [-0.3, -0.25) is 4.79 Å². The molecule has 1 fully saturated rings. The molecule has 3 rings (SSSR count). The Balaban J connectivity index is 1.54. The Morgan fingerprint density at radius 2 is 1.90 bits per heavy atom. The Morgan fingerprint density at radius 1 is 1.19 bits per heavy atom. The largest absolute Gasteiger partial charge is 0.300 e. The van der Waals surface area contributed by atoms with Crippen LogP contribution in [-0.4, -0.2) is 15.3 Å². The summed E-state index contributed by atoms with van der Waals surface area (Å²) in [7, 11) is 0. The maximum Gasteiger partial charge on any atom is 0.229 e. The van der Waals surface area contributed by atoms with Crippen molar-refractivity contribution in [3.63, 3.8) is 0 Å². The molecule has 0 bridgehead atoms. The SMILES string of the molecule is Cc1nsc(NC(=O)C2CCC(c3ccccc3)CC2)n1. The van der Waals surface area contributed by atoms with Crippen molar-refractivity contribution in [1.82, 2.24) is 9.36 Å². The third kappa shape index (κ3) is 3.47. The molecule has 21 heavy (non-hydrogen) atoms. The first-order chi connectivity index (χ1) is 10.2. The van der Waals surface area contributed by atoms with Crippen molar-refractivity contribution in [2.24, 2.45) is 5.92 Å². The standard InChI is InChI=1S/C16H19N3OS/c1-11-17-16(21-19-11)18-15(20)14-9-7-13(8-10-14)12-5-3-2-4-6-12/h2-6,13-14H,7-10H2,1H3,(H,17,18,19,20). The van der Waals surface area contributed by atoms with Crippen LogP contribution < -0.4 is 5.32 Å². The molecule has 0 unspecified atom stereocenters. The van der Waals surface area contributed by atoms with Crippen molar-refractivity contribution < 1.29 is 4.79 Å². The highest BCUT2D eigenvalue weighted by Gasteiger charge is 2.27. The Bertz CT molecular complexity index is 603. The van der Waals surface area contributed by atoms with E-state index >= 15 is 0 Å². The predicted molar refractivity (Wildman–Crippen MR) is 84.4 cm³/mol. The van der Waals surface area contributed by atoms with E-state index in [1.807, 2.05) is 13.0 Å². The second-order valence-corrected chi connectivity index (χ2v) is 6.35. The number of nitrogens with one attached hydrogen (secondary N) is 1. The number of carbonyl (C=O) groups excluding carboxylic acids is 1. The fourth-order valence-corrected chi connectivity index (χ4v) is 3.55. The quantitative estimate of drug-likeness (QED) is 0.939. The van der Waals surface area contributed by atoms with Gasteiger partial charge in [-0.15, -0.1) is 0 Å². The summed E-state index contributed by atoms with van der Waals surface area (Å²) < 4.78 is 4.08. The molecule has 0 saturated heterocycles. The minimum absolute atomic E-state index is 0.0951. The number of nitrogens with zero attached hydrogens (tertiary/aromatic N) is 2. The number of aryl methyl sites for hydroxylation is 1. The van der Waals surface area contributed by atoms with E-state index in [1.165, 1.54) is 17.1 Å². The normalized spacial score (nSPS) is 22.0. The first-order valence-corrected chi connectivity index (χ1v) is 8.16. The molecule has 4 nitrogen and oxygen atoms in total. The lowest BCUT2D eigenvalue weighted by molar-refractivity contribution is -0.120. The molecular weight excluding hydrogens is 282 g/mol. The van der Waals surface area contributed by atoms with Crippen molar-refractivity contribution >= 4 is 22.6 Å². The van der Waals surface area contributed by atoms with Crippen LogP contribution in [-0.2, 0) is 4.79 Å². The Morgan fingerprint density at radius 3 is 2.52 bits per heavy atom. The number of carbonyl (C=O) groups is 1. The van der Waals surface area contributed by atoms with Crippen LogP contribution in [0.5, 0.6) is 0 Å². The second kappa shape index (κ2) is 6.35. The van der Waals surface area contributed by atoms with Crippen molar-refractivity contribution in [2.75, 3.05) is 5.32 Å². The minimum atomic E-state index is 0.0951. The number of aromatic nitrogens is 2. The molecular formula is C16H19N3OS. The van der Waals surface area contributed by atoms with Crippen LogP contribution in [0, 0.1) is 12.8 Å². The zero-order valence-electron chi connectivity index (χ0n) is 12.1. The molecule has 0 radical (unpaired) electrons. The summed E-state index contributed by atoms with van der Waals surface area (Å²) in [5, 5.41) is 3.51. The van der Waals surface area contributed by atoms with Crippen LogP contribution >= 0.6 is 11.5 Å². The van der Waals surface area contributed by atoms with Crippen LogP contribution in [0.2, 0.25) is 0 Å². The zero-order chi connectivity index (χ0) is 14.7. The maximum atomic E-state index is 12.2. The smallest absolute Gasteiger partial charge is 0.229 e. The highest BCUT2D eigenvalue weighted by atomic mass is 32.1. The molecule has 0 spiro atoms. The van der Waals surface area contributed by atoms with E-state index in [-0.39, 0.29) is 11.8 Å². The third-order valence-electron chi connectivity index (χ3n) is 4.13. The van der Waals surface area contributed by atoms with Gasteiger partial charge in [-0.1, -0.05) is 30.3 Å². The number of amides is 1. The second-order valence-electron chi connectivity index (χ2n) is 5.60. The van der Waals surface area contributed by atoms with Crippen molar-refractivity contribution in [1.29, 1.82) is 0 Å². The summed E-state index contributed by atoms with van der Waals surface area (Å²) in [5.41, 5.74) is 1.40. The van der Waals surface area contributed by atoms with E-state index in [0.29, 0.717) is 16.9 Å². The van der Waals surface area contributed by atoms with Gasteiger partial charge in [0.05, 0.1) is 0 Å². The minimum Gasteiger partial charge on any atom is -0.300 e. The average Bonchev–Trinajstić information content (AvgIpc) is 2.93. The lowest BCUT2D eigenvalue weighted by atomic mass is 9.78. The van der Waals surface area contributed by atoms with Gasteiger partial charge in [-0.25, -0.2) is 4.98 Å². The number of hydrogen-bond donors (Lipinski definition) is 1. The van der Waals surface area contributed by atoms with E-state index in [1.54, 1.807) is 0 Å². The van der Waals surface area contributed by atoms with Crippen LogP contribution in [0.15, 0.2) is 30.3 Å². The number of anilines is 1. The monoisotopic (exact) mass is 301 g/mol. The van der Waals surface area contributed by atoms with Gasteiger partial charge >= 0.3 is 0 Å². The van der Waals surface area contributed by atoms with Gasteiger partial charge in [0, 0.05) is 17.5 Å². The summed E-state index contributed by atoms with van der Waals surface area (Å²) >= 11 is 1.25. The number of rotatable bonds is 3. The van der Waals surface area contributed by atoms with Gasteiger partial charge < -0.3 is 5.32 Å².